The number of carbonyl (C=O) groups excluding carboxylic acids is 1. The van der Waals surface area contributed by atoms with E-state index in [-0.39, 0.29) is 17.9 Å². The van der Waals surface area contributed by atoms with E-state index in [0.29, 0.717) is 6.54 Å². The van der Waals surface area contributed by atoms with E-state index < -0.39 is 5.54 Å². The van der Waals surface area contributed by atoms with Crippen LogP contribution in [0.2, 0.25) is 0 Å². The van der Waals surface area contributed by atoms with E-state index in [1.165, 1.54) is 0 Å². The molecular weight excluding hydrogens is 204 g/mol. The SMILES string of the molecule is CC(O)C1CCN(C(=O)C2(N)CCCC2)C1. The fraction of sp³-hybridized carbons (Fsp3) is 0.917. The van der Waals surface area contributed by atoms with Gasteiger partial charge in [0.25, 0.3) is 0 Å². The second-order valence-corrected chi connectivity index (χ2v) is 5.40. The monoisotopic (exact) mass is 226 g/mol. The van der Waals surface area contributed by atoms with Crippen molar-refractivity contribution in [2.75, 3.05) is 13.1 Å². The molecule has 2 aliphatic rings. The highest BCUT2D eigenvalue weighted by molar-refractivity contribution is 5.86. The van der Waals surface area contributed by atoms with Gasteiger partial charge in [0.2, 0.25) is 5.91 Å². The smallest absolute Gasteiger partial charge is 0.242 e. The fourth-order valence-corrected chi connectivity index (χ4v) is 2.90. The topological polar surface area (TPSA) is 66.6 Å². The van der Waals surface area contributed by atoms with Gasteiger partial charge in [-0.2, -0.15) is 0 Å². The maximum absolute atomic E-state index is 12.3. The summed E-state index contributed by atoms with van der Waals surface area (Å²) < 4.78 is 0. The van der Waals surface area contributed by atoms with Gasteiger partial charge < -0.3 is 15.7 Å². The molecule has 0 radical (unpaired) electrons. The molecule has 0 bridgehead atoms. The Morgan fingerprint density at radius 3 is 2.62 bits per heavy atom. The second-order valence-electron chi connectivity index (χ2n) is 5.40. The van der Waals surface area contributed by atoms with Gasteiger partial charge in [-0.3, -0.25) is 4.79 Å². The van der Waals surface area contributed by atoms with Crippen LogP contribution in [0.25, 0.3) is 0 Å². The van der Waals surface area contributed by atoms with Gasteiger partial charge in [-0.25, -0.2) is 0 Å². The van der Waals surface area contributed by atoms with Crippen molar-refractivity contribution in [3.05, 3.63) is 0 Å². The normalized spacial score (nSPS) is 30.7. The molecular formula is C12H22N2O2. The Morgan fingerprint density at radius 1 is 1.50 bits per heavy atom. The van der Waals surface area contributed by atoms with Crippen LogP contribution >= 0.6 is 0 Å². The van der Waals surface area contributed by atoms with E-state index in [9.17, 15) is 9.90 Å². The predicted molar refractivity (Wildman–Crippen MR) is 61.8 cm³/mol. The molecule has 0 aromatic heterocycles. The number of nitrogens with two attached hydrogens (primary N) is 1. The predicted octanol–water partition coefficient (Wildman–Crippen LogP) is 0.487. The number of amides is 1. The van der Waals surface area contributed by atoms with Crippen LogP contribution in [0.4, 0.5) is 0 Å². The third kappa shape index (κ3) is 2.09. The van der Waals surface area contributed by atoms with Crippen LogP contribution in [-0.4, -0.2) is 40.6 Å². The van der Waals surface area contributed by atoms with Crippen molar-refractivity contribution >= 4 is 5.91 Å². The molecule has 1 saturated carbocycles. The molecule has 0 aromatic rings. The molecule has 1 aliphatic heterocycles. The molecule has 0 aromatic carbocycles. The van der Waals surface area contributed by atoms with Gasteiger partial charge in [0.15, 0.2) is 0 Å². The van der Waals surface area contributed by atoms with Crippen LogP contribution in [0.1, 0.15) is 39.0 Å². The summed E-state index contributed by atoms with van der Waals surface area (Å²) in [6.07, 6.45) is 4.35. The van der Waals surface area contributed by atoms with Crippen LogP contribution in [0.3, 0.4) is 0 Å². The van der Waals surface area contributed by atoms with E-state index in [1.54, 1.807) is 6.92 Å². The van der Waals surface area contributed by atoms with Crippen molar-refractivity contribution in [3.63, 3.8) is 0 Å². The van der Waals surface area contributed by atoms with Gasteiger partial charge in [0, 0.05) is 19.0 Å². The molecule has 3 N–H and O–H groups in total. The minimum absolute atomic E-state index is 0.105. The largest absolute Gasteiger partial charge is 0.393 e. The number of aliphatic hydroxyl groups excluding tert-OH is 1. The second kappa shape index (κ2) is 4.34. The van der Waals surface area contributed by atoms with Crippen molar-refractivity contribution in [2.45, 2.75) is 50.7 Å². The number of carbonyl (C=O) groups is 1. The molecule has 4 heteroatoms. The van der Waals surface area contributed by atoms with Gasteiger partial charge in [-0.15, -0.1) is 0 Å². The van der Waals surface area contributed by atoms with E-state index in [0.717, 1.165) is 38.6 Å². The molecule has 0 spiro atoms. The zero-order valence-electron chi connectivity index (χ0n) is 9.98. The van der Waals surface area contributed by atoms with Crippen LogP contribution in [0.15, 0.2) is 0 Å². The fourth-order valence-electron chi connectivity index (χ4n) is 2.90. The van der Waals surface area contributed by atoms with Crippen LogP contribution < -0.4 is 5.73 Å². The Kier molecular flexibility index (Phi) is 3.22. The Hall–Kier alpha value is -0.610. The van der Waals surface area contributed by atoms with Gasteiger partial charge in [0.1, 0.15) is 0 Å². The Labute approximate surface area is 96.8 Å². The molecule has 2 atom stereocenters. The lowest BCUT2D eigenvalue weighted by molar-refractivity contribution is -0.136. The first-order chi connectivity index (χ1) is 7.53. The van der Waals surface area contributed by atoms with Crippen molar-refractivity contribution in [2.24, 2.45) is 11.7 Å². The first-order valence-corrected chi connectivity index (χ1v) is 6.29. The average molecular weight is 226 g/mol. The zero-order valence-corrected chi connectivity index (χ0v) is 9.98. The standard InChI is InChI=1S/C12H22N2O2/c1-9(15)10-4-7-14(8-10)11(16)12(13)5-2-3-6-12/h9-10,15H,2-8,13H2,1H3. The molecule has 16 heavy (non-hydrogen) atoms. The number of nitrogens with zero attached hydrogens (tertiary/aromatic N) is 1. The molecule has 1 saturated heterocycles. The minimum Gasteiger partial charge on any atom is -0.393 e. The lowest BCUT2D eigenvalue weighted by Crippen LogP contribution is -2.53. The molecule has 2 unspecified atom stereocenters. The highest BCUT2D eigenvalue weighted by Crippen LogP contribution is 2.31. The van der Waals surface area contributed by atoms with E-state index in [2.05, 4.69) is 0 Å². The number of hydrogen-bond acceptors (Lipinski definition) is 3. The summed E-state index contributed by atoms with van der Waals surface area (Å²) in [5, 5.41) is 9.51. The molecule has 2 fully saturated rings. The third-order valence-electron chi connectivity index (χ3n) is 4.12. The van der Waals surface area contributed by atoms with Crippen molar-refractivity contribution in [1.82, 2.24) is 4.90 Å². The van der Waals surface area contributed by atoms with Crippen LogP contribution in [0, 0.1) is 5.92 Å². The summed E-state index contributed by atoms with van der Waals surface area (Å²) >= 11 is 0. The lowest BCUT2D eigenvalue weighted by atomic mass is 9.97. The highest BCUT2D eigenvalue weighted by Gasteiger charge is 2.42. The van der Waals surface area contributed by atoms with Crippen molar-refractivity contribution < 1.29 is 9.90 Å². The average Bonchev–Trinajstić information content (AvgIpc) is 2.85. The maximum Gasteiger partial charge on any atom is 0.242 e. The quantitative estimate of drug-likeness (QED) is 0.720. The zero-order chi connectivity index (χ0) is 11.8. The number of aliphatic hydroxyl groups is 1. The number of rotatable bonds is 2. The van der Waals surface area contributed by atoms with Crippen molar-refractivity contribution in [1.29, 1.82) is 0 Å². The summed E-state index contributed by atoms with van der Waals surface area (Å²) in [7, 11) is 0. The highest BCUT2D eigenvalue weighted by atomic mass is 16.3. The van der Waals surface area contributed by atoms with Gasteiger partial charge >= 0.3 is 0 Å². The molecule has 1 heterocycles. The summed E-state index contributed by atoms with van der Waals surface area (Å²) in [6.45, 7) is 3.23. The maximum atomic E-state index is 12.3. The first kappa shape index (κ1) is 11.9. The first-order valence-electron chi connectivity index (χ1n) is 6.29. The molecule has 1 amide bonds. The summed E-state index contributed by atoms with van der Waals surface area (Å²) in [6, 6.07) is 0. The van der Waals surface area contributed by atoms with E-state index in [4.69, 9.17) is 5.73 Å². The van der Waals surface area contributed by atoms with Crippen molar-refractivity contribution in [3.8, 4) is 0 Å². The lowest BCUT2D eigenvalue weighted by Gasteiger charge is -2.28. The molecule has 2 rings (SSSR count). The van der Waals surface area contributed by atoms with Gasteiger partial charge in [-0.05, 0) is 26.2 Å². The number of likely N-dealkylation sites (tertiary alicyclic amines) is 1. The summed E-state index contributed by atoms with van der Waals surface area (Å²) in [4.78, 5) is 14.1. The third-order valence-corrected chi connectivity index (χ3v) is 4.12. The molecule has 4 nitrogen and oxygen atoms in total. The molecule has 92 valence electrons. The summed E-state index contributed by atoms with van der Waals surface area (Å²) in [5.74, 6) is 0.335. The van der Waals surface area contributed by atoms with Crippen LogP contribution in [0.5, 0.6) is 0 Å². The van der Waals surface area contributed by atoms with Gasteiger partial charge in [0.05, 0.1) is 11.6 Å². The van der Waals surface area contributed by atoms with Gasteiger partial charge in [-0.1, -0.05) is 12.8 Å². The Bertz CT molecular complexity index is 272. The van der Waals surface area contributed by atoms with Crippen LogP contribution in [-0.2, 0) is 4.79 Å². The summed E-state index contributed by atoms with van der Waals surface area (Å²) in [5.41, 5.74) is 5.55. The molecule has 1 aliphatic carbocycles. The number of hydrogen-bond donors (Lipinski definition) is 2. The Morgan fingerprint density at radius 2 is 2.12 bits per heavy atom. The Balaban J connectivity index is 1.96. The van der Waals surface area contributed by atoms with E-state index >= 15 is 0 Å². The minimum atomic E-state index is -0.604. The van der Waals surface area contributed by atoms with E-state index in [1.807, 2.05) is 4.90 Å².